The number of hydrogen-bond donors (Lipinski definition) is 1. The summed E-state index contributed by atoms with van der Waals surface area (Å²) in [6.45, 7) is 6.31. The minimum atomic E-state index is 0.315. The van der Waals surface area contributed by atoms with Gasteiger partial charge in [0.1, 0.15) is 0 Å². The molecule has 0 amide bonds. The van der Waals surface area contributed by atoms with Gasteiger partial charge in [-0.2, -0.15) is 0 Å². The molecule has 0 radical (unpaired) electrons. The van der Waals surface area contributed by atoms with Crippen LogP contribution in [0.3, 0.4) is 0 Å². The molecule has 1 N–H and O–H groups in total. The lowest BCUT2D eigenvalue weighted by Crippen LogP contribution is -2.20. The van der Waals surface area contributed by atoms with Crippen molar-refractivity contribution in [1.29, 1.82) is 0 Å². The first-order valence-electron chi connectivity index (χ1n) is 7.33. The molecule has 2 nitrogen and oxygen atoms in total. The summed E-state index contributed by atoms with van der Waals surface area (Å²) in [6.07, 6.45) is 2.09. The van der Waals surface area contributed by atoms with E-state index in [4.69, 9.17) is 0 Å². The molecule has 0 saturated heterocycles. The van der Waals surface area contributed by atoms with Crippen molar-refractivity contribution in [3.05, 3.63) is 64.5 Å². The van der Waals surface area contributed by atoms with Crippen LogP contribution in [0.2, 0.25) is 0 Å². The van der Waals surface area contributed by atoms with Crippen molar-refractivity contribution in [1.82, 2.24) is 10.3 Å². The Morgan fingerprint density at radius 3 is 2.20 bits per heavy atom. The molecular weight excluding hydrogens is 244 g/mol. The van der Waals surface area contributed by atoms with Gasteiger partial charge in [0, 0.05) is 17.4 Å². The van der Waals surface area contributed by atoms with Gasteiger partial charge in [-0.3, -0.25) is 4.98 Å². The molecule has 0 aliphatic rings. The average Bonchev–Trinajstić information content (AvgIpc) is 2.46. The summed E-state index contributed by atoms with van der Waals surface area (Å²) in [5, 5.41) is 3.42. The largest absolute Gasteiger partial charge is 0.313 e. The molecule has 1 unspecified atom stereocenters. The van der Waals surface area contributed by atoms with Crippen LogP contribution in [0.5, 0.6) is 0 Å². The first-order chi connectivity index (χ1) is 9.63. The van der Waals surface area contributed by atoms with Gasteiger partial charge in [0.15, 0.2) is 0 Å². The number of aryl methyl sites for hydroxylation is 3. The van der Waals surface area contributed by atoms with Crippen molar-refractivity contribution >= 4 is 0 Å². The molecule has 2 rings (SSSR count). The van der Waals surface area contributed by atoms with E-state index in [2.05, 4.69) is 60.5 Å². The van der Waals surface area contributed by atoms with Gasteiger partial charge in [-0.25, -0.2) is 0 Å². The van der Waals surface area contributed by atoms with Gasteiger partial charge in [0.2, 0.25) is 0 Å². The Morgan fingerprint density at radius 1 is 1.00 bits per heavy atom. The fraction of sp³-hybridized carbons (Fsp3) is 0.389. The van der Waals surface area contributed by atoms with Gasteiger partial charge >= 0.3 is 0 Å². The molecule has 1 heterocycles. The molecule has 106 valence electrons. The topological polar surface area (TPSA) is 24.9 Å². The van der Waals surface area contributed by atoms with E-state index < -0.39 is 0 Å². The molecule has 2 heteroatoms. The van der Waals surface area contributed by atoms with Crippen LogP contribution in [0, 0.1) is 13.8 Å². The smallest absolute Gasteiger partial charge is 0.0423 e. The van der Waals surface area contributed by atoms with Crippen LogP contribution >= 0.6 is 0 Å². The Kier molecular flexibility index (Phi) is 4.91. The fourth-order valence-electron chi connectivity index (χ4n) is 2.58. The van der Waals surface area contributed by atoms with Gasteiger partial charge in [0.25, 0.3) is 0 Å². The second-order valence-corrected chi connectivity index (χ2v) is 5.34. The molecule has 0 bridgehead atoms. The minimum Gasteiger partial charge on any atom is -0.313 e. The van der Waals surface area contributed by atoms with Crippen LogP contribution in [0.25, 0.3) is 0 Å². The second kappa shape index (κ2) is 6.67. The highest BCUT2D eigenvalue weighted by Crippen LogP contribution is 2.21. The number of aromatic nitrogens is 1. The normalized spacial score (nSPS) is 12.4. The van der Waals surface area contributed by atoms with Crippen LogP contribution in [0.15, 0.2) is 36.4 Å². The molecule has 0 aliphatic heterocycles. The molecule has 0 spiro atoms. The third-order valence-corrected chi connectivity index (χ3v) is 3.86. The zero-order valence-electron chi connectivity index (χ0n) is 12.9. The summed E-state index contributed by atoms with van der Waals surface area (Å²) in [7, 11) is 2.02. The van der Waals surface area contributed by atoms with Crippen molar-refractivity contribution in [2.45, 2.75) is 39.7 Å². The van der Waals surface area contributed by atoms with Crippen LogP contribution in [-0.2, 0) is 12.8 Å². The van der Waals surface area contributed by atoms with Gasteiger partial charge < -0.3 is 5.32 Å². The van der Waals surface area contributed by atoms with E-state index in [0.717, 1.165) is 24.2 Å². The molecule has 0 aliphatic carbocycles. The summed E-state index contributed by atoms with van der Waals surface area (Å²) in [4.78, 5) is 4.57. The third kappa shape index (κ3) is 3.45. The molecule has 1 aromatic carbocycles. The zero-order chi connectivity index (χ0) is 14.5. The summed E-state index contributed by atoms with van der Waals surface area (Å²) in [5.74, 6) is 0. The number of pyridine rings is 1. The van der Waals surface area contributed by atoms with Gasteiger partial charge in [-0.1, -0.05) is 37.3 Å². The summed E-state index contributed by atoms with van der Waals surface area (Å²) >= 11 is 0. The number of hydrogen-bond acceptors (Lipinski definition) is 2. The Labute approximate surface area is 122 Å². The maximum atomic E-state index is 4.57. The van der Waals surface area contributed by atoms with Crippen LogP contribution in [-0.4, -0.2) is 12.0 Å². The van der Waals surface area contributed by atoms with E-state index in [-0.39, 0.29) is 0 Å². The molecule has 0 fully saturated rings. The Morgan fingerprint density at radius 2 is 1.65 bits per heavy atom. The van der Waals surface area contributed by atoms with Crippen molar-refractivity contribution in [2.24, 2.45) is 0 Å². The summed E-state index contributed by atoms with van der Waals surface area (Å²) in [6, 6.07) is 13.5. The van der Waals surface area contributed by atoms with Crippen LogP contribution < -0.4 is 5.32 Å². The van der Waals surface area contributed by atoms with Crippen molar-refractivity contribution < 1.29 is 0 Å². The number of nitrogens with zero attached hydrogens (tertiary/aromatic N) is 1. The van der Waals surface area contributed by atoms with Crippen LogP contribution in [0.4, 0.5) is 0 Å². The lowest BCUT2D eigenvalue weighted by molar-refractivity contribution is 0.585. The van der Waals surface area contributed by atoms with Crippen molar-refractivity contribution in [2.75, 3.05) is 7.05 Å². The highest BCUT2D eigenvalue weighted by Gasteiger charge is 2.13. The van der Waals surface area contributed by atoms with Crippen molar-refractivity contribution in [3.63, 3.8) is 0 Å². The average molecular weight is 268 g/mol. The third-order valence-electron chi connectivity index (χ3n) is 3.86. The fourth-order valence-corrected chi connectivity index (χ4v) is 2.58. The van der Waals surface area contributed by atoms with E-state index in [1.807, 2.05) is 14.0 Å². The summed E-state index contributed by atoms with van der Waals surface area (Å²) < 4.78 is 0. The van der Waals surface area contributed by atoms with E-state index in [0.29, 0.717) is 6.04 Å². The Hall–Kier alpha value is -1.67. The van der Waals surface area contributed by atoms with E-state index in [1.54, 1.807) is 0 Å². The zero-order valence-corrected chi connectivity index (χ0v) is 12.9. The number of rotatable bonds is 5. The minimum absolute atomic E-state index is 0.315. The number of likely N-dealkylation sites (N-methyl/N-ethyl adjacent to an activating group) is 1. The Bertz CT molecular complexity index is 558. The van der Waals surface area contributed by atoms with E-state index in [9.17, 15) is 0 Å². The quantitative estimate of drug-likeness (QED) is 0.893. The second-order valence-electron chi connectivity index (χ2n) is 5.34. The molecule has 1 atom stereocenters. The standard InChI is InChI=1S/C18H24N2/c1-5-15-7-9-16(10-8-15)12-18(19-4)17-11-6-13(2)20-14(17)3/h6-11,18-19H,5,12H2,1-4H3. The number of benzene rings is 1. The molecule has 20 heavy (non-hydrogen) atoms. The summed E-state index contributed by atoms with van der Waals surface area (Å²) in [5.41, 5.74) is 6.24. The number of nitrogens with one attached hydrogen (secondary N) is 1. The maximum absolute atomic E-state index is 4.57. The highest BCUT2D eigenvalue weighted by atomic mass is 14.9. The van der Waals surface area contributed by atoms with Gasteiger partial charge in [-0.15, -0.1) is 0 Å². The lowest BCUT2D eigenvalue weighted by atomic mass is 9.97. The van der Waals surface area contributed by atoms with Crippen molar-refractivity contribution in [3.8, 4) is 0 Å². The SMILES string of the molecule is CCc1ccc(CC(NC)c2ccc(C)nc2C)cc1. The highest BCUT2D eigenvalue weighted by molar-refractivity contribution is 5.29. The molecule has 2 aromatic rings. The molecule has 0 saturated carbocycles. The molecule has 1 aromatic heterocycles. The van der Waals surface area contributed by atoms with E-state index in [1.165, 1.54) is 16.7 Å². The van der Waals surface area contributed by atoms with Crippen LogP contribution in [0.1, 0.15) is 41.0 Å². The van der Waals surface area contributed by atoms with Gasteiger partial charge in [0.05, 0.1) is 0 Å². The Balaban J connectivity index is 2.19. The first kappa shape index (κ1) is 14.7. The monoisotopic (exact) mass is 268 g/mol. The predicted octanol–water partition coefficient (Wildman–Crippen LogP) is 3.76. The lowest BCUT2D eigenvalue weighted by Gasteiger charge is -2.19. The molecular formula is C18H24N2. The maximum Gasteiger partial charge on any atom is 0.0423 e. The predicted molar refractivity (Wildman–Crippen MR) is 85.0 cm³/mol. The van der Waals surface area contributed by atoms with Gasteiger partial charge in [-0.05, 0) is 56.5 Å². The van der Waals surface area contributed by atoms with E-state index >= 15 is 0 Å². The first-order valence-corrected chi connectivity index (χ1v) is 7.33.